The monoisotopic (exact) mass is 434 g/mol. The minimum absolute atomic E-state index is 1.21. The van der Waals surface area contributed by atoms with Crippen molar-refractivity contribution < 1.29 is 0 Å². The van der Waals surface area contributed by atoms with Crippen LogP contribution in [0.15, 0.2) is 121 Å². The van der Waals surface area contributed by atoms with Crippen molar-refractivity contribution in [2.75, 3.05) is 0 Å². The summed E-state index contributed by atoms with van der Waals surface area (Å²) in [6.45, 7) is 0. The zero-order valence-corrected chi connectivity index (χ0v) is 18.5. The van der Waals surface area contributed by atoms with Crippen LogP contribution in [0.1, 0.15) is 0 Å². The van der Waals surface area contributed by atoms with Gasteiger partial charge in [0.2, 0.25) is 0 Å². The lowest BCUT2D eigenvalue weighted by atomic mass is 10.0. The largest absolute Gasteiger partial charge is 0.354 e. The van der Waals surface area contributed by atoms with Gasteiger partial charge in [0.25, 0.3) is 0 Å². The standard InChI is InChI=1S/2C16H11N/c2*1-2-6-12-11(5-1)9-10-15-16(12)13-7-3-4-8-14(13)17-15/h2*1-10,17H. The van der Waals surface area contributed by atoms with E-state index in [9.17, 15) is 0 Å². The molecule has 0 saturated carbocycles. The molecule has 0 aliphatic heterocycles. The summed E-state index contributed by atoms with van der Waals surface area (Å²) >= 11 is 0. The molecule has 6 aromatic carbocycles. The van der Waals surface area contributed by atoms with Gasteiger partial charge in [-0.25, -0.2) is 0 Å². The number of para-hydroxylation sites is 2. The molecule has 0 fully saturated rings. The van der Waals surface area contributed by atoms with Gasteiger partial charge in [-0.1, -0.05) is 97.1 Å². The molecule has 2 N–H and O–H groups in total. The summed E-state index contributed by atoms with van der Waals surface area (Å²) in [7, 11) is 0. The molecule has 0 bridgehead atoms. The van der Waals surface area contributed by atoms with Gasteiger partial charge in [0, 0.05) is 43.6 Å². The van der Waals surface area contributed by atoms with Crippen LogP contribution in [0, 0.1) is 0 Å². The van der Waals surface area contributed by atoms with Crippen molar-refractivity contribution in [2.45, 2.75) is 0 Å². The lowest BCUT2D eigenvalue weighted by Gasteiger charge is -1.99. The normalized spacial score (nSPS) is 11.5. The Morgan fingerprint density at radius 3 is 1.15 bits per heavy atom. The Kier molecular flexibility index (Phi) is 4.18. The number of benzene rings is 6. The molecule has 0 unspecified atom stereocenters. The molecule has 0 atom stereocenters. The summed E-state index contributed by atoms with van der Waals surface area (Å²) < 4.78 is 0. The summed E-state index contributed by atoms with van der Waals surface area (Å²) in [6, 6.07) is 42.7. The summed E-state index contributed by atoms with van der Waals surface area (Å²) in [5, 5.41) is 10.5. The van der Waals surface area contributed by atoms with Crippen LogP contribution in [0.4, 0.5) is 0 Å². The first-order chi connectivity index (χ1) is 16.9. The maximum Gasteiger partial charge on any atom is 0.0471 e. The van der Waals surface area contributed by atoms with E-state index in [0.717, 1.165) is 0 Å². The average Bonchev–Trinajstić information content (AvgIpc) is 3.48. The number of H-pyrrole nitrogens is 2. The van der Waals surface area contributed by atoms with E-state index in [4.69, 9.17) is 0 Å². The average molecular weight is 435 g/mol. The number of hydrogen-bond donors (Lipinski definition) is 2. The van der Waals surface area contributed by atoms with Crippen molar-refractivity contribution in [1.82, 2.24) is 9.97 Å². The van der Waals surface area contributed by atoms with Crippen LogP contribution in [-0.2, 0) is 0 Å². The molecular formula is C32H22N2. The number of rotatable bonds is 0. The zero-order chi connectivity index (χ0) is 22.5. The molecule has 0 amide bonds. The second-order valence-corrected chi connectivity index (χ2v) is 8.76. The summed E-state index contributed by atoms with van der Waals surface area (Å²) in [4.78, 5) is 6.94. The van der Waals surface area contributed by atoms with Gasteiger partial charge in [-0.15, -0.1) is 0 Å². The highest BCUT2D eigenvalue weighted by molar-refractivity contribution is 6.21. The van der Waals surface area contributed by atoms with E-state index in [2.05, 4.69) is 131 Å². The molecule has 0 aliphatic carbocycles. The van der Waals surface area contributed by atoms with Crippen LogP contribution in [0.25, 0.3) is 65.2 Å². The van der Waals surface area contributed by atoms with Crippen LogP contribution in [0.5, 0.6) is 0 Å². The lowest BCUT2D eigenvalue weighted by molar-refractivity contribution is 1.55. The molecule has 34 heavy (non-hydrogen) atoms. The van der Waals surface area contributed by atoms with Crippen molar-refractivity contribution in [2.24, 2.45) is 0 Å². The van der Waals surface area contributed by atoms with Crippen LogP contribution in [0.3, 0.4) is 0 Å². The van der Waals surface area contributed by atoms with Gasteiger partial charge in [0.05, 0.1) is 0 Å². The molecule has 8 rings (SSSR count). The van der Waals surface area contributed by atoms with Crippen LogP contribution in [0.2, 0.25) is 0 Å². The number of fused-ring (bicyclic) bond motifs is 10. The van der Waals surface area contributed by atoms with Gasteiger partial charge in [-0.2, -0.15) is 0 Å². The second kappa shape index (κ2) is 7.50. The highest BCUT2D eigenvalue weighted by Gasteiger charge is 2.07. The smallest absolute Gasteiger partial charge is 0.0471 e. The van der Waals surface area contributed by atoms with Crippen molar-refractivity contribution in [3.63, 3.8) is 0 Å². The van der Waals surface area contributed by atoms with Crippen LogP contribution < -0.4 is 0 Å². The SMILES string of the molecule is c1ccc2c(c1)ccc1[nH]c3ccccc3c12.c1ccc2c(c1)ccc1[nH]c3ccccc3c12. The van der Waals surface area contributed by atoms with Gasteiger partial charge in [-0.3, -0.25) is 0 Å². The molecule has 2 aromatic heterocycles. The zero-order valence-electron chi connectivity index (χ0n) is 18.5. The molecule has 0 spiro atoms. The van der Waals surface area contributed by atoms with E-state index in [-0.39, 0.29) is 0 Å². The van der Waals surface area contributed by atoms with Crippen molar-refractivity contribution >= 4 is 65.2 Å². The Morgan fingerprint density at radius 2 is 0.676 bits per heavy atom. The minimum atomic E-state index is 1.21. The van der Waals surface area contributed by atoms with E-state index in [1.165, 1.54) is 65.2 Å². The predicted molar refractivity (Wildman–Crippen MR) is 147 cm³/mol. The maximum absolute atomic E-state index is 3.47. The molecule has 8 aromatic rings. The van der Waals surface area contributed by atoms with Gasteiger partial charge in [0.1, 0.15) is 0 Å². The van der Waals surface area contributed by atoms with E-state index in [1.807, 2.05) is 0 Å². The first-order valence-electron chi connectivity index (χ1n) is 11.6. The number of nitrogens with one attached hydrogen (secondary N) is 2. The molecule has 2 heterocycles. The van der Waals surface area contributed by atoms with Crippen LogP contribution in [-0.4, -0.2) is 9.97 Å². The summed E-state index contributed by atoms with van der Waals surface area (Å²) in [5.74, 6) is 0. The Morgan fingerprint density at radius 1 is 0.294 bits per heavy atom. The Hall–Kier alpha value is -4.56. The molecule has 0 saturated heterocycles. The molecule has 2 heteroatoms. The Balaban J connectivity index is 0.000000118. The Labute approximate surface area is 196 Å². The fraction of sp³-hybridized carbons (Fsp3) is 0. The maximum atomic E-state index is 3.47. The number of aromatic nitrogens is 2. The van der Waals surface area contributed by atoms with E-state index >= 15 is 0 Å². The van der Waals surface area contributed by atoms with Gasteiger partial charge in [0.15, 0.2) is 0 Å². The Bertz CT molecular complexity index is 1810. The highest BCUT2D eigenvalue weighted by Crippen LogP contribution is 2.33. The van der Waals surface area contributed by atoms with E-state index < -0.39 is 0 Å². The van der Waals surface area contributed by atoms with Crippen molar-refractivity contribution in [3.05, 3.63) is 121 Å². The third kappa shape index (κ3) is 2.89. The topological polar surface area (TPSA) is 31.6 Å². The summed E-state index contributed by atoms with van der Waals surface area (Å²) in [5.41, 5.74) is 4.84. The lowest BCUT2D eigenvalue weighted by Crippen LogP contribution is -1.73. The third-order valence-electron chi connectivity index (χ3n) is 6.79. The van der Waals surface area contributed by atoms with Gasteiger partial charge >= 0.3 is 0 Å². The fourth-order valence-corrected chi connectivity index (χ4v) is 5.24. The van der Waals surface area contributed by atoms with E-state index in [0.29, 0.717) is 0 Å². The van der Waals surface area contributed by atoms with Crippen LogP contribution >= 0.6 is 0 Å². The molecule has 0 radical (unpaired) electrons. The van der Waals surface area contributed by atoms with E-state index in [1.54, 1.807) is 0 Å². The quantitative estimate of drug-likeness (QED) is 0.239. The molecule has 160 valence electrons. The minimum Gasteiger partial charge on any atom is -0.354 e. The van der Waals surface area contributed by atoms with Gasteiger partial charge in [-0.05, 0) is 45.8 Å². The predicted octanol–water partition coefficient (Wildman–Crippen LogP) is 8.95. The highest BCUT2D eigenvalue weighted by atomic mass is 14.7. The van der Waals surface area contributed by atoms with Gasteiger partial charge < -0.3 is 9.97 Å². The van der Waals surface area contributed by atoms with Crippen molar-refractivity contribution in [3.8, 4) is 0 Å². The molecule has 0 aliphatic rings. The molecule has 2 nitrogen and oxygen atoms in total. The first kappa shape index (κ1) is 19.0. The molecular weight excluding hydrogens is 412 g/mol. The third-order valence-corrected chi connectivity index (χ3v) is 6.79. The second-order valence-electron chi connectivity index (χ2n) is 8.76. The number of aromatic amines is 2. The summed E-state index contributed by atoms with van der Waals surface area (Å²) in [6.07, 6.45) is 0. The van der Waals surface area contributed by atoms with Crippen molar-refractivity contribution in [1.29, 1.82) is 0 Å². The fourth-order valence-electron chi connectivity index (χ4n) is 5.24. The number of hydrogen-bond acceptors (Lipinski definition) is 0. The first-order valence-corrected chi connectivity index (χ1v) is 11.6.